The van der Waals surface area contributed by atoms with Crippen LogP contribution in [-0.4, -0.2) is 9.13 Å². The van der Waals surface area contributed by atoms with E-state index in [0.717, 1.165) is 5.69 Å². The molecule has 2 aromatic heterocycles. The van der Waals surface area contributed by atoms with Crippen LogP contribution in [0.15, 0.2) is 194 Å². The van der Waals surface area contributed by atoms with Crippen LogP contribution >= 0.6 is 0 Å². The minimum absolute atomic E-state index is 1.15. The Morgan fingerprint density at radius 2 is 0.740 bits per heavy atom. The molecule has 0 aliphatic heterocycles. The molecule has 0 saturated carbocycles. The van der Waals surface area contributed by atoms with E-state index in [1.54, 1.807) is 0 Å². The minimum atomic E-state index is 1.15. The van der Waals surface area contributed by atoms with E-state index < -0.39 is 0 Å². The summed E-state index contributed by atoms with van der Waals surface area (Å²) in [6.07, 6.45) is 0. The molecular weight excluding hydrogens is 605 g/mol. The van der Waals surface area contributed by atoms with Crippen LogP contribution in [0.2, 0.25) is 0 Å². The van der Waals surface area contributed by atoms with Gasteiger partial charge < -0.3 is 9.13 Å². The summed E-state index contributed by atoms with van der Waals surface area (Å²) in [4.78, 5) is 0. The zero-order valence-electron chi connectivity index (χ0n) is 27.4. The second-order valence-electron chi connectivity index (χ2n) is 12.9. The van der Waals surface area contributed by atoms with E-state index in [1.165, 1.54) is 82.7 Å². The maximum absolute atomic E-state index is 2.45. The lowest BCUT2D eigenvalue weighted by Gasteiger charge is -2.14. The Morgan fingerprint density at radius 3 is 1.42 bits per heavy atom. The van der Waals surface area contributed by atoms with Crippen LogP contribution in [0, 0.1) is 0 Å². The summed E-state index contributed by atoms with van der Waals surface area (Å²) in [7, 11) is 0. The van der Waals surface area contributed by atoms with Gasteiger partial charge in [-0.3, -0.25) is 0 Å². The lowest BCUT2D eigenvalue weighted by atomic mass is 9.95. The summed E-state index contributed by atoms with van der Waals surface area (Å²) in [5.74, 6) is 0. The van der Waals surface area contributed by atoms with Crippen LogP contribution < -0.4 is 0 Å². The Bertz CT molecular complexity index is 2860. The van der Waals surface area contributed by atoms with Gasteiger partial charge in [-0.1, -0.05) is 152 Å². The van der Waals surface area contributed by atoms with Crippen molar-refractivity contribution in [2.24, 2.45) is 0 Å². The van der Waals surface area contributed by atoms with Crippen molar-refractivity contribution < 1.29 is 0 Å². The number of aromatic nitrogens is 2. The molecule has 10 aromatic rings. The average molecular weight is 637 g/mol. The summed E-state index contributed by atoms with van der Waals surface area (Å²) in [6.45, 7) is 0. The number of para-hydroxylation sites is 3. The van der Waals surface area contributed by atoms with E-state index in [2.05, 4.69) is 203 Å². The summed E-state index contributed by atoms with van der Waals surface area (Å²) in [6, 6.07) is 70.3. The molecule has 8 aromatic carbocycles. The molecule has 0 spiro atoms. The van der Waals surface area contributed by atoms with Gasteiger partial charge in [-0.05, 0) is 70.3 Å². The van der Waals surface area contributed by atoms with Crippen LogP contribution in [0.25, 0.3) is 88.4 Å². The van der Waals surface area contributed by atoms with E-state index >= 15 is 0 Å². The van der Waals surface area contributed by atoms with Gasteiger partial charge in [0.1, 0.15) is 0 Å². The predicted molar refractivity (Wildman–Crippen MR) is 211 cm³/mol. The molecule has 0 aliphatic rings. The maximum Gasteiger partial charge on any atom is 0.0547 e. The van der Waals surface area contributed by atoms with Gasteiger partial charge in [0.2, 0.25) is 0 Å². The Labute approximate surface area is 290 Å². The number of fused-ring (bicyclic) bond motifs is 6. The lowest BCUT2D eigenvalue weighted by Crippen LogP contribution is -1.97. The molecule has 2 heteroatoms. The fourth-order valence-corrected chi connectivity index (χ4v) is 8.01. The first-order chi connectivity index (χ1) is 24.8. The van der Waals surface area contributed by atoms with Gasteiger partial charge in [-0.2, -0.15) is 0 Å². The summed E-state index contributed by atoms with van der Waals surface area (Å²) in [5.41, 5.74) is 14.4. The third-order valence-electron chi connectivity index (χ3n) is 10.1. The van der Waals surface area contributed by atoms with Crippen LogP contribution in [0.4, 0.5) is 0 Å². The van der Waals surface area contributed by atoms with Gasteiger partial charge in [0.05, 0.1) is 27.8 Å². The van der Waals surface area contributed by atoms with Crippen molar-refractivity contribution in [2.75, 3.05) is 0 Å². The number of benzene rings is 8. The zero-order chi connectivity index (χ0) is 33.0. The topological polar surface area (TPSA) is 9.86 Å². The van der Waals surface area contributed by atoms with Crippen molar-refractivity contribution in [3.05, 3.63) is 194 Å². The molecule has 10 rings (SSSR count). The fourth-order valence-electron chi connectivity index (χ4n) is 8.01. The quantitative estimate of drug-likeness (QED) is 0.178. The first kappa shape index (κ1) is 28.4. The average Bonchev–Trinajstić information content (AvgIpc) is 3.72. The summed E-state index contributed by atoms with van der Waals surface area (Å²) >= 11 is 0. The van der Waals surface area contributed by atoms with E-state index in [1.807, 2.05) is 0 Å². The summed E-state index contributed by atoms with van der Waals surface area (Å²) in [5, 5.41) is 5.03. The molecular formula is C48H32N2. The van der Waals surface area contributed by atoms with Crippen molar-refractivity contribution in [1.82, 2.24) is 9.13 Å². The molecule has 0 atom stereocenters. The van der Waals surface area contributed by atoms with Crippen LogP contribution in [-0.2, 0) is 0 Å². The molecule has 0 unspecified atom stereocenters. The standard InChI is InChI=1S/C48H32N2/c1-3-16-33(17-4-1)35-20-13-21-36(32-35)49-43-28-11-8-23-40(43)47-38(25-14-30-45(47)49)39-26-15-31-46-48(39)41-24-9-12-29-44(41)50(46)42-27-10-7-22-37(42)34-18-5-2-6-19-34/h1-32H. The smallest absolute Gasteiger partial charge is 0.0547 e. The van der Waals surface area contributed by atoms with E-state index in [-0.39, 0.29) is 0 Å². The molecule has 0 saturated heterocycles. The van der Waals surface area contributed by atoms with Crippen molar-refractivity contribution in [2.45, 2.75) is 0 Å². The second kappa shape index (κ2) is 11.5. The second-order valence-corrected chi connectivity index (χ2v) is 12.9. The molecule has 0 radical (unpaired) electrons. The molecule has 0 aliphatic carbocycles. The van der Waals surface area contributed by atoms with E-state index in [4.69, 9.17) is 0 Å². The first-order valence-corrected chi connectivity index (χ1v) is 17.2. The van der Waals surface area contributed by atoms with Gasteiger partial charge in [0, 0.05) is 32.8 Å². The first-order valence-electron chi connectivity index (χ1n) is 17.2. The Morgan fingerprint density at radius 1 is 0.280 bits per heavy atom. The lowest BCUT2D eigenvalue weighted by molar-refractivity contribution is 1.18. The van der Waals surface area contributed by atoms with Crippen LogP contribution in [0.3, 0.4) is 0 Å². The Hall–Kier alpha value is -6.64. The zero-order valence-corrected chi connectivity index (χ0v) is 27.4. The van der Waals surface area contributed by atoms with Crippen LogP contribution in [0.1, 0.15) is 0 Å². The van der Waals surface area contributed by atoms with Gasteiger partial charge >= 0.3 is 0 Å². The molecule has 50 heavy (non-hydrogen) atoms. The molecule has 234 valence electrons. The SMILES string of the molecule is c1ccc(-c2cccc(-n3c4ccccc4c4c(-c5cccc6c5c5ccccc5n6-c5ccccc5-c5ccccc5)cccc43)c2)cc1. The molecule has 0 amide bonds. The van der Waals surface area contributed by atoms with Crippen molar-refractivity contribution in [1.29, 1.82) is 0 Å². The van der Waals surface area contributed by atoms with Gasteiger partial charge in [-0.25, -0.2) is 0 Å². The Kier molecular flexibility index (Phi) is 6.53. The predicted octanol–water partition coefficient (Wildman–Crippen LogP) is 12.9. The molecule has 2 heterocycles. The van der Waals surface area contributed by atoms with Crippen molar-refractivity contribution >= 4 is 43.6 Å². The largest absolute Gasteiger partial charge is 0.309 e. The van der Waals surface area contributed by atoms with Crippen LogP contribution in [0.5, 0.6) is 0 Å². The molecule has 2 nitrogen and oxygen atoms in total. The highest BCUT2D eigenvalue weighted by Gasteiger charge is 2.21. The monoisotopic (exact) mass is 636 g/mol. The normalized spacial score (nSPS) is 11.6. The third kappa shape index (κ3) is 4.36. The van der Waals surface area contributed by atoms with Gasteiger partial charge in [0.25, 0.3) is 0 Å². The maximum atomic E-state index is 2.45. The number of rotatable bonds is 5. The van der Waals surface area contributed by atoms with Gasteiger partial charge in [0.15, 0.2) is 0 Å². The minimum Gasteiger partial charge on any atom is -0.309 e. The van der Waals surface area contributed by atoms with Crippen molar-refractivity contribution in [3.8, 4) is 44.8 Å². The number of nitrogens with zero attached hydrogens (tertiary/aromatic N) is 2. The molecule has 0 bridgehead atoms. The Balaban J connectivity index is 1.26. The molecule has 0 N–H and O–H groups in total. The van der Waals surface area contributed by atoms with E-state index in [0.29, 0.717) is 0 Å². The third-order valence-corrected chi connectivity index (χ3v) is 10.1. The summed E-state index contributed by atoms with van der Waals surface area (Å²) < 4.78 is 4.88. The highest BCUT2D eigenvalue weighted by Crippen LogP contribution is 2.44. The van der Waals surface area contributed by atoms with Crippen molar-refractivity contribution in [3.63, 3.8) is 0 Å². The molecule has 0 fully saturated rings. The fraction of sp³-hybridized carbons (Fsp3) is 0. The highest BCUT2D eigenvalue weighted by atomic mass is 15.0. The van der Waals surface area contributed by atoms with Gasteiger partial charge in [-0.15, -0.1) is 0 Å². The number of hydrogen-bond acceptors (Lipinski definition) is 0. The van der Waals surface area contributed by atoms with E-state index in [9.17, 15) is 0 Å². The number of hydrogen-bond donors (Lipinski definition) is 0. The highest BCUT2D eigenvalue weighted by molar-refractivity contribution is 6.22.